The standard InChI is InChI=1S/C19H27N3O3S/c1-3-22(4-2)14-13-20-19(23)11-12-21-26(24,25)18-10-9-16-7-5-6-8-17(16)15-18/h5-10,15,21H,3-4,11-14H2,1-2H3,(H,20,23)/p+1. The van der Waals surface area contributed by atoms with Crippen molar-refractivity contribution >= 4 is 26.7 Å². The molecule has 0 saturated carbocycles. The summed E-state index contributed by atoms with van der Waals surface area (Å²) in [4.78, 5) is 13.5. The van der Waals surface area contributed by atoms with Gasteiger partial charge in [-0.05, 0) is 36.8 Å². The second-order valence-corrected chi connectivity index (χ2v) is 7.98. The highest BCUT2D eigenvalue weighted by molar-refractivity contribution is 7.89. The second-order valence-electron chi connectivity index (χ2n) is 6.21. The van der Waals surface area contributed by atoms with Gasteiger partial charge < -0.3 is 10.2 Å². The van der Waals surface area contributed by atoms with Gasteiger partial charge in [0.05, 0.1) is 31.1 Å². The molecule has 0 spiro atoms. The first-order valence-electron chi connectivity index (χ1n) is 9.05. The first-order chi connectivity index (χ1) is 12.5. The molecule has 0 bridgehead atoms. The van der Waals surface area contributed by atoms with Crippen LogP contribution >= 0.6 is 0 Å². The van der Waals surface area contributed by atoms with Gasteiger partial charge in [-0.25, -0.2) is 13.1 Å². The van der Waals surface area contributed by atoms with Crippen molar-refractivity contribution in [3.63, 3.8) is 0 Å². The number of quaternary nitrogens is 1. The Hall–Kier alpha value is -1.96. The summed E-state index contributed by atoms with van der Waals surface area (Å²) in [5.74, 6) is -0.141. The number of fused-ring (bicyclic) bond motifs is 1. The van der Waals surface area contributed by atoms with Crippen molar-refractivity contribution in [3.8, 4) is 0 Å². The van der Waals surface area contributed by atoms with Crippen LogP contribution < -0.4 is 14.9 Å². The lowest BCUT2D eigenvalue weighted by Gasteiger charge is -2.15. The predicted molar refractivity (Wildman–Crippen MR) is 104 cm³/mol. The molecule has 0 atom stereocenters. The predicted octanol–water partition coefficient (Wildman–Crippen LogP) is 0.549. The Labute approximate surface area is 155 Å². The lowest BCUT2D eigenvalue weighted by molar-refractivity contribution is -0.895. The van der Waals surface area contributed by atoms with Crippen LogP contribution in [-0.4, -0.2) is 47.0 Å². The summed E-state index contributed by atoms with van der Waals surface area (Å²) in [6.07, 6.45) is 0.125. The first kappa shape index (κ1) is 20.4. The quantitative estimate of drug-likeness (QED) is 0.565. The van der Waals surface area contributed by atoms with E-state index in [1.165, 1.54) is 4.90 Å². The van der Waals surface area contributed by atoms with Gasteiger partial charge in [0.15, 0.2) is 0 Å². The van der Waals surface area contributed by atoms with Crippen molar-refractivity contribution in [2.24, 2.45) is 0 Å². The fourth-order valence-electron chi connectivity index (χ4n) is 2.79. The van der Waals surface area contributed by atoms with Crippen molar-refractivity contribution in [3.05, 3.63) is 42.5 Å². The van der Waals surface area contributed by atoms with E-state index in [1.807, 2.05) is 24.3 Å². The Morgan fingerprint density at radius 1 is 1.00 bits per heavy atom. The van der Waals surface area contributed by atoms with E-state index in [-0.39, 0.29) is 23.8 Å². The zero-order valence-electron chi connectivity index (χ0n) is 15.4. The normalized spacial score (nSPS) is 11.8. The van der Waals surface area contributed by atoms with Gasteiger partial charge in [0.2, 0.25) is 15.9 Å². The van der Waals surface area contributed by atoms with Crippen molar-refractivity contribution in [2.45, 2.75) is 25.2 Å². The maximum Gasteiger partial charge on any atom is 0.240 e. The highest BCUT2D eigenvalue weighted by Crippen LogP contribution is 2.18. The molecule has 0 radical (unpaired) electrons. The third kappa shape index (κ3) is 5.79. The molecule has 0 aliphatic heterocycles. The SMILES string of the molecule is CC[NH+](CC)CCNC(=O)CCNS(=O)(=O)c1ccc2ccccc2c1. The van der Waals surface area contributed by atoms with E-state index in [2.05, 4.69) is 23.9 Å². The van der Waals surface area contributed by atoms with Gasteiger partial charge in [-0.2, -0.15) is 0 Å². The Balaban J connectivity index is 1.82. The topological polar surface area (TPSA) is 79.7 Å². The molecule has 0 fully saturated rings. The number of amides is 1. The monoisotopic (exact) mass is 378 g/mol. The van der Waals surface area contributed by atoms with E-state index < -0.39 is 10.0 Å². The largest absolute Gasteiger partial charge is 0.350 e. The van der Waals surface area contributed by atoms with Gasteiger partial charge >= 0.3 is 0 Å². The van der Waals surface area contributed by atoms with E-state index in [0.717, 1.165) is 30.4 Å². The molecule has 0 heterocycles. The van der Waals surface area contributed by atoms with Crippen molar-refractivity contribution in [2.75, 3.05) is 32.7 Å². The summed E-state index contributed by atoms with van der Waals surface area (Å²) in [6.45, 7) is 7.84. The Kier molecular flexibility index (Phi) is 7.56. The lowest BCUT2D eigenvalue weighted by atomic mass is 10.1. The van der Waals surface area contributed by atoms with Crippen LogP contribution in [0.15, 0.2) is 47.4 Å². The molecule has 2 aromatic carbocycles. The average molecular weight is 379 g/mol. The number of carbonyl (C=O) groups is 1. The van der Waals surface area contributed by atoms with Crippen molar-refractivity contribution in [1.29, 1.82) is 0 Å². The smallest absolute Gasteiger partial charge is 0.240 e. The molecule has 0 saturated heterocycles. The number of hydrogen-bond donors (Lipinski definition) is 3. The van der Waals surface area contributed by atoms with Crippen LogP contribution in [0.4, 0.5) is 0 Å². The summed E-state index contributed by atoms with van der Waals surface area (Å²) in [7, 11) is -3.62. The maximum atomic E-state index is 12.4. The molecule has 7 heteroatoms. The number of likely N-dealkylation sites (N-methyl/N-ethyl adjacent to an activating group) is 1. The third-order valence-corrected chi connectivity index (χ3v) is 5.93. The van der Waals surface area contributed by atoms with Crippen LogP contribution in [0.2, 0.25) is 0 Å². The highest BCUT2D eigenvalue weighted by atomic mass is 32.2. The summed E-state index contributed by atoms with van der Waals surface area (Å²) in [6, 6.07) is 12.6. The molecule has 0 unspecified atom stereocenters. The van der Waals surface area contributed by atoms with Crippen LogP contribution in [0.1, 0.15) is 20.3 Å². The number of benzene rings is 2. The zero-order chi connectivity index (χ0) is 19.0. The van der Waals surface area contributed by atoms with Gasteiger partial charge in [0, 0.05) is 13.0 Å². The minimum absolute atomic E-state index is 0.0825. The fourth-order valence-corrected chi connectivity index (χ4v) is 3.85. The number of hydrogen-bond acceptors (Lipinski definition) is 3. The van der Waals surface area contributed by atoms with Gasteiger partial charge in [-0.1, -0.05) is 30.3 Å². The zero-order valence-corrected chi connectivity index (χ0v) is 16.2. The van der Waals surface area contributed by atoms with Gasteiger partial charge in [0.1, 0.15) is 0 Å². The van der Waals surface area contributed by atoms with Crippen LogP contribution in [0, 0.1) is 0 Å². The molecule has 0 aliphatic carbocycles. The Bertz CT molecular complexity index is 833. The molecule has 2 rings (SSSR count). The van der Waals surface area contributed by atoms with Crippen LogP contribution in [0.5, 0.6) is 0 Å². The number of rotatable bonds is 10. The molecule has 26 heavy (non-hydrogen) atoms. The molecule has 1 amide bonds. The fraction of sp³-hybridized carbons (Fsp3) is 0.421. The van der Waals surface area contributed by atoms with E-state index in [9.17, 15) is 13.2 Å². The minimum Gasteiger partial charge on any atom is -0.350 e. The van der Waals surface area contributed by atoms with E-state index >= 15 is 0 Å². The molecule has 2 aromatic rings. The van der Waals surface area contributed by atoms with Crippen LogP contribution in [0.25, 0.3) is 10.8 Å². The molecular weight excluding hydrogens is 350 g/mol. The number of sulfonamides is 1. The third-order valence-electron chi connectivity index (χ3n) is 4.48. The van der Waals surface area contributed by atoms with Gasteiger partial charge in [-0.3, -0.25) is 4.79 Å². The van der Waals surface area contributed by atoms with Gasteiger partial charge in [0.25, 0.3) is 0 Å². The second kappa shape index (κ2) is 9.66. The summed E-state index contributed by atoms with van der Waals surface area (Å²) in [5.41, 5.74) is 0. The van der Waals surface area contributed by atoms with Gasteiger partial charge in [-0.15, -0.1) is 0 Å². The van der Waals surface area contributed by atoms with Crippen LogP contribution in [0.3, 0.4) is 0 Å². The molecule has 0 aliphatic rings. The lowest BCUT2D eigenvalue weighted by Crippen LogP contribution is -3.12. The minimum atomic E-state index is -3.62. The van der Waals surface area contributed by atoms with Crippen molar-refractivity contribution in [1.82, 2.24) is 10.0 Å². The summed E-state index contributed by atoms with van der Waals surface area (Å²) >= 11 is 0. The van der Waals surface area contributed by atoms with Crippen LogP contribution in [-0.2, 0) is 14.8 Å². The van der Waals surface area contributed by atoms with E-state index in [4.69, 9.17) is 0 Å². The summed E-state index contributed by atoms with van der Waals surface area (Å²) < 4.78 is 27.3. The van der Waals surface area contributed by atoms with Crippen molar-refractivity contribution < 1.29 is 18.1 Å². The van der Waals surface area contributed by atoms with E-state index in [1.54, 1.807) is 18.2 Å². The molecule has 142 valence electrons. The number of nitrogens with one attached hydrogen (secondary N) is 3. The van der Waals surface area contributed by atoms with E-state index in [0.29, 0.717) is 6.54 Å². The molecular formula is C19H28N3O3S+. The Morgan fingerprint density at radius 2 is 1.69 bits per heavy atom. The average Bonchev–Trinajstić information content (AvgIpc) is 2.64. The maximum absolute atomic E-state index is 12.4. The molecule has 3 N–H and O–H groups in total. The first-order valence-corrected chi connectivity index (χ1v) is 10.5. The highest BCUT2D eigenvalue weighted by Gasteiger charge is 2.14. The number of carbonyl (C=O) groups excluding carboxylic acids is 1. The molecule has 0 aromatic heterocycles. The summed E-state index contributed by atoms with van der Waals surface area (Å²) in [5, 5.41) is 4.69. The Morgan fingerprint density at radius 3 is 2.38 bits per heavy atom. The molecule has 6 nitrogen and oxygen atoms in total.